The van der Waals surface area contributed by atoms with Gasteiger partial charge in [0.25, 0.3) is 0 Å². The SMILES string of the molecule is c1ccc(-c2ccc(-c3nc(-c4ccc(-c5ccc6sc7ccccc7c6c5)cc4)nc(-c4ccc5c(c4)-c4ccccc4C5(c4ccccc4)c4ccccc4)n3)cc2)cc1. The lowest BCUT2D eigenvalue weighted by Crippen LogP contribution is -2.28. The van der Waals surface area contributed by atoms with Gasteiger partial charge in [-0.1, -0.05) is 200 Å². The zero-order chi connectivity index (χ0) is 41.0. The van der Waals surface area contributed by atoms with Gasteiger partial charge in [-0.2, -0.15) is 0 Å². The van der Waals surface area contributed by atoms with E-state index in [1.54, 1.807) is 0 Å². The molecule has 0 amide bonds. The quantitative estimate of drug-likeness (QED) is 0.161. The molecule has 0 spiro atoms. The van der Waals surface area contributed by atoms with Crippen LogP contribution in [-0.4, -0.2) is 15.0 Å². The second-order valence-electron chi connectivity index (χ2n) is 15.9. The van der Waals surface area contributed by atoms with Crippen LogP contribution in [0.25, 0.3) is 87.7 Å². The van der Waals surface area contributed by atoms with Gasteiger partial charge >= 0.3 is 0 Å². The average Bonchev–Trinajstić information content (AvgIpc) is 3.88. The molecule has 11 aromatic rings. The molecule has 290 valence electrons. The monoisotopic (exact) mass is 807 g/mol. The Labute approximate surface area is 364 Å². The Morgan fingerprint density at radius 1 is 0.290 bits per heavy atom. The highest BCUT2D eigenvalue weighted by Crippen LogP contribution is 2.56. The van der Waals surface area contributed by atoms with Crippen molar-refractivity contribution in [3.63, 3.8) is 0 Å². The van der Waals surface area contributed by atoms with Crippen molar-refractivity contribution in [2.75, 3.05) is 0 Å². The molecular weight excluding hydrogens is 771 g/mol. The van der Waals surface area contributed by atoms with Gasteiger partial charge in [0, 0.05) is 36.9 Å². The van der Waals surface area contributed by atoms with Crippen molar-refractivity contribution < 1.29 is 0 Å². The minimum atomic E-state index is -0.480. The summed E-state index contributed by atoms with van der Waals surface area (Å²) in [5.74, 6) is 1.90. The van der Waals surface area contributed by atoms with Gasteiger partial charge in [-0.25, -0.2) is 15.0 Å². The molecule has 0 saturated carbocycles. The van der Waals surface area contributed by atoms with Crippen molar-refractivity contribution >= 4 is 31.5 Å². The van der Waals surface area contributed by atoms with Gasteiger partial charge < -0.3 is 0 Å². The first-order chi connectivity index (χ1) is 30.7. The summed E-state index contributed by atoms with van der Waals surface area (Å²) in [6.07, 6.45) is 0. The van der Waals surface area contributed by atoms with Crippen molar-refractivity contribution in [2.24, 2.45) is 0 Å². The van der Waals surface area contributed by atoms with Crippen molar-refractivity contribution in [3.05, 3.63) is 247 Å². The number of hydrogen-bond acceptors (Lipinski definition) is 4. The Bertz CT molecular complexity index is 3390. The molecular formula is C58H37N3S. The molecule has 0 fully saturated rings. The molecule has 0 aliphatic heterocycles. The highest BCUT2D eigenvalue weighted by Gasteiger charge is 2.46. The van der Waals surface area contributed by atoms with Crippen LogP contribution in [0, 0.1) is 0 Å². The molecule has 0 bridgehead atoms. The van der Waals surface area contributed by atoms with E-state index in [0.717, 1.165) is 27.8 Å². The van der Waals surface area contributed by atoms with Crippen LogP contribution in [-0.2, 0) is 5.41 Å². The van der Waals surface area contributed by atoms with Crippen LogP contribution >= 0.6 is 11.3 Å². The normalized spacial score (nSPS) is 12.6. The van der Waals surface area contributed by atoms with Crippen molar-refractivity contribution in [1.29, 1.82) is 0 Å². The predicted molar refractivity (Wildman–Crippen MR) is 257 cm³/mol. The number of nitrogens with zero attached hydrogens (tertiary/aromatic N) is 3. The summed E-state index contributed by atoms with van der Waals surface area (Å²) >= 11 is 1.84. The largest absolute Gasteiger partial charge is 0.208 e. The predicted octanol–water partition coefficient (Wildman–Crippen LogP) is 14.9. The highest BCUT2D eigenvalue weighted by molar-refractivity contribution is 7.25. The summed E-state index contributed by atoms with van der Waals surface area (Å²) in [5.41, 5.74) is 14.4. The van der Waals surface area contributed by atoms with Gasteiger partial charge in [0.1, 0.15) is 0 Å². The molecule has 0 saturated heterocycles. The van der Waals surface area contributed by atoms with E-state index in [9.17, 15) is 0 Å². The van der Waals surface area contributed by atoms with E-state index in [0.29, 0.717) is 17.5 Å². The number of rotatable bonds is 7. The molecule has 2 aromatic heterocycles. The first kappa shape index (κ1) is 36.1. The third kappa shape index (κ3) is 5.91. The van der Waals surface area contributed by atoms with Crippen LogP contribution in [0.5, 0.6) is 0 Å². The maximum absolute atomic E-state index is 5.25. The first-order valence-corrected chi connectivity index (χ1v) is 21.8. The smallest absolute Gasteiger partial charge is 0.164 e. The Morgan fingerprint density at radius 3 is 1.40 bits per heavy atom. The van der Waals surface area contributed by atoms with Crippen molar-refractivity contribution in [1.82, 2.24) is 15.0 Å². The molecule has 4 heteroatoms. The summed E-state index contributed by atoms with van der Waals surface area (Å²) in [5, 5.41) is 2.59. The van der Waals surface area contributed by atoms with Gasteiger partial charge in [0.2, 0.25) is 0 Å². The Balaban J connectivity index is 0.996. The zero-order valence-electron chi connectivity index (χ0n) is 33.6. The Hall–Kier alpha value is -7.79. The molecule has 0 unspecified atom stereocenters. The molecule has 9 aromatic carbocycles. The molecule has 12 rings (SSSR count). The third-order valence-electron chi connectivity index (χ3n) is 12.5. The van der Waals surface area contributed by atoms with E-state index < -0.39 is 5.41 Å². The molecule has 1 aliphatic rings. The average molecular weight is 808 g/mol. The van der Waals surface area contributed by atoms with Crippen molar-refractivity contribution in [3.8, 4) is 67.5 Å². The fourth-order valence-electron chi connectivity index (χ4n) is 9.51. The lowest BCUT2D eigenvalue weighted by atomic mass is 9.67. The molecule has 2 heterocycles. The Morgan fingerprint density at radius 2 is 0.742 bits per heavy atom. The number of thiophene rings is 1. The minimum absolute atomic E-state index is 0.480. The van der Waals surface area contributed by atoms with Gasteiger partial charge in [0.05, 0.1) is 5.41 Å². The molecule has 1 aliphatic carbocycles. The summed E-state index contributed by atoms with van der Waals surface area (Å²) in [7, 11) is 0. The molecule has 62 heavy (non-hydrogen) atoms. The standard InChI is InChI=1S/C58H37N3S/c1-4-14-38(15-5-1)39-24-28-41(29-25-39)55-59-56(42-30-26-40(27-31-42)43-33-35-54-50(36-43)48-21-11-13-23-53(48)62-54)61-57(60-55)44-32-34-52-49(37-44)47-20-10-12-22-51(47)58(52,45-16-6-2-7-17-45)46-18-8-3-9-19-46/h1-37H. The molecule has 3 nitrogen and oxygen atoms in total. The van der Waals surface area contributed by atoms with E-state index in [4.69, 9.17) is 15.0 Å². The Kier molecular flexibility index (Phi) is 8.58. The van der Waals surface area contributed by atoms with Gasteiger partial charge in [-0.3, -0.25) is 0 Å². The maximum Gasteiger partial charge on any atom is 0.164 e. The fraction of sp³-hybridized carbons (Fsp3) is 0.0172. The van der Waals surface area contributed by atoms with Crippen LogP contribution in [0.15, 0.2) is 224 Å². The van der Waals surface area contributed by atoms with E-state index in [1.807, 2.05) is 17.4 Å². The van der Waals surface area contributed by atoms with Crippen LogP contribution in [0.1, 0.15) is 22.3 Å². The second-order valence-corrected chi connectivity index (χ2v) is 17.0. The summed E-state index contributed by atoms with van der Waals surface area (Å²) in [6.45, 7) is 0. The summed E-state index contributed by atoms with van der Waals surface area (Å²) in [4.78, 5) is 15.6. The van der Waals surface area contributed by atoms with E-state index in [2.05, 4.69) is 218 Å². The molecule has 0 atom stereocenters. The van der Waals surface area contributed by atoms with Crippen LogP contribution in [0.4, 0.5) is 0 Å². The maximum atomic E-state index is 5.25. The molecule has 0 N–H and O–H groups in total. The third-order valence-corrected chi connectivity index (χ3v) is 13.6. The summed E-state index contributed by atoms with van der Waals surface area (Å²) in [6, 6.07) is 80.5. The first-order valence-electron chi connectivity index (χ1n) is 21.0. The number of benzene rings is 9. The van der Waals surface area contributed by atoms with Gasteiger partial charge in [0.15, 0.2) is 17.5 Å². The van der Waals surface area contributed by atoms with E-state index in [-0.39, 0.29) is 0 Å². The topological polar surface area (TPSA) is 38.7 Å². The number of hydrogen-bond donors (Lipinski definition) is 0. The van der Waals surface area contributed by atoms with Gasteiger partial charge in [-0.15, -0.1) is 11.3 Å². The lowest BCUT2D eigenvalue weighted by Gasteiger charge is -2.33. The van der Waals surface area contributed by atoms with Crippen LogP contribution in [0.3, 0.4) is 0 Å². The fourth-order valence-corrected chi connectivity index (χ4v) is 10.6. The van der Waals surface area contributed by atoms with E-state index in [1.165, 1.54) is 64.7 Å². The van der Waals surface area contributed by atoms with Crippen LogP contribution < -0.4 is 0 Å². The van der Waals surface area contributed by atoms with Gasteiger partial charge in [-0.05, 0) is 79.9 Å². The second kappa shape index (κ2) is 14.7. The zero-order valence-corrected chi connectivity index (χ0v) is 34.4. The highest BCUT2D eigenvalue weighted by atomic mass is 32.1. The lowest BCUT2D eigenvalue weighted by molar-refractivity contribution is 0.768. The minimum Gasteiger partial charge on any atom is -0.208 e. The van der Waals surface area contributed by atoms with E-state index >= 15 is 0 Å². The molecule has 0 radical (unpaired) electrons. The van der Waals surface area contributed by atoms with Crippen LogP contribution in [0.2, 0.25) is 0 Å². The summed E-state index contributed by atoms with van der Waals surface area (Å²) < 4.78 is 2.61. The van der Waals surface area contributed by atoms with Crippen molar-refractivity contribution in [2.45, 2.75) is 5.41 Å². The number of aromatic nitrogens is 3. The number of fused-ring (bicyclic) bond motifs is 6.